The molecule has 0 aliphatic rings. The SMILES string of the molecule is CCC[B]Cc1nc(C)cn1COCCS(C)(C)C. The van der Waals surface area contributed by atoms with Crippen LogP contribution in [-0.2, 0) is 17.8 Å². The molecule has 0 fully saturated rings. The van der Waals surface area contributed by atoms with E-state index in [0.29, 0.717) is 6.73 Å². The first-order chi connectivity index (χ1) is 8.92. The summed E-state index contributed by atoms with van der Waals surface area (Å²) in [6.45, 7) is 5.71. The zero-order chi connectivity index (χ0) is 14.3. The summed E-state index contributed by atoms with van der Waals surface area (Å²) in [5.41, 5.74) is 1.07. The lowest BCUT2D eigenvalue weighted by Gasteiger charge is -2.24. The Hall–Kier alpha value is -0.415. The van der Waals surface area contributed by atoms with Crippen molar-refractivity contribution in [1.29, 1.82) is 0 Å². The first-order valence-corrected chi connectivity index (χ1v) is 10.0. The maximum atomic E-state index is 5.79. The molecule has 3 nitrogen and oxygen atoms in total. The highest BCUT2D eigenvalue weighted by Gasteiger charge is 2.07. The molecule has 19 heavy (non-hydrogen) atoms. The van der Waals surface area contributed by atoms with E-state index < -0.39 is 10.0 Å². The molecule has 0 amide bonds. The van der Waals surface area contributed by atoms with Gasteiger partial charge >= 0.3 is 0 Å². The summed E-state index contributed by atoms with van der Waals surface area (Å²) in [5, 5.41) is 0. The van der Waals surface area contributed by atoms with Crippen molar-refractivity contribution in [3.63, 3.8) is 0 Å². The molecule has 0 saturated heterocycles. The molecule has 0 N–H and O–H groups in total. The predicted octanol–water partition coefficient (Wildman–Crippen LogP) is 2.89. The molecule has 109 valence electrons. The van der Waals surface area contributed by atoms with Crippen LogP contribution < -0.4 is 0 Å². The Bertz CT molecular complexity index is 374. The molecule has 0 aliphatic heterocycles. The molecule has 0 atom stereocenters. The zero-order valence-corrected chi connectivity index (χ0v) is 13.9. The minimum Gasteiger partial charge on any atom is -0.360 e. The first-order valence-electron chi connectivity index (χ1n) is 7.00. The average Bonchev–Trinajstić information content (AvgIpc) is 2.65. The topological polar surface area (TPSA) is 27.1 Å². The Kier molecular flexibility index (Phi) is 7.01. The van der Waals surface area contributed by atoms with Crippen molar-refractivity contribution in [3.8, 4) is 0 Å². The normalized spacial score (nSPS) is 12.7. The zero-order valence-electron chi connectivity index (χ0n) is 13.1. The van der Waals surface area contributed by atoms with Crippen molar-refractivity contribution < 1.29 is 4.74 Å². The summed E-state index contributed by atoms with van der Waals surface area (Å²) >= 11 is 0. The molecule has 1 aromatic rings. The predicted molar refractivity (Wildman–Crippen MR) is 87.7 cm³/mol. The summed E-state index contributed by atoms with van der Waals surface area (Å²) < 4.78 is 7.92. The largest absolute Gasteiger partial charge is 0.360 e. The molecule has 0 spiro atoms. The van der Waals surface area contributed by atoms with E-state index in [4.69, 9.17) is 4.74 Å². The monoisotopic (exact) mass is 283 g/mol. The molecular formula is C14H28BN2OS. The Morgan fingerprint density at radius 2 is 2.11 bits per heavy atom. The summed E-state index contributed by atoms with van der Waals surface area (Å²) in [4.78, 5) is 4.57. The number of aromatic nitrogens is 2. The van der Waals surface area contributed by atoms with Crippen molar-refractivity contribution in [2.75, 3.05) is 31.1 Å². The van der Waals surface area contributed by atoms with E-state index in [9.17, 15) is 0 Å². The van der Waals surface area contributed by atoms with E-state index in [0.717, 1.165) is 36.5 Å². The summed E-state index contributed by atoms with van der Waals surface area (Å²) in [6, 6.07) is 0. The van der Waals surface area contributed by atoms with E-state index in [2.05, 4.69) is 48.7 Å². The van der Waals surface area contributed by atoms with Crippen molar-refractivity contribution >= 4 is 17.3 Å². The third-order valence-electron chi connectivity index (χ3n) is 2.87. The maximum Gasteiger partial charge on any atom is 0.124 e. The molecule has 1 radical (unpaired) electrons. The summed E-state index contributed by atoms with van der Waals surface area (Å²) in [6.07, 6.45) is 12.3. The van der Waals surface area contributed by atoms with Gasteiger partial charge in [-0.05, 0) is 32.0 Å². The third-order valence-corrected chi connectivity index (χ3v) is 4.26. The van der Waals surface area contributed by atoms with Crippen LogP contribution in [0.4, 0.5) is 0 Å². The van der Waals surface area contributed by atoms with E-state index in [1.54, 1.807) is 0 Å². The second-order valence-corrected chi connectivity index (χ2v) is 10.5. The number of imidazole rings is 1. The maximum absolute atomic E-state index is 5.79. The summed E-state index contributed by atoms with van der Waals surface area (Å²) in [7, 11) is 1.85. The molecule has 0 aromatic carbocycles. The quantitative estimate of drug-likeness (QED) is 0.514. The second-order valence-electron chi connectivity index (χ2n) is 5.88. The molecule has 0 saturated carbocycles. The molecule has 0 unspecified atom stereocenters. The van der Waals surface area contributed by atoms with Gasteiger partial charge < -0.3 is 9.30 Å². The van der Waals surface area contributed by atoms with Crippen LogP contribution in [0.25, 0.3) is 0 Å². The van der Waals surface area contributed by atoms with E-state index in [1.165, 1.54) is 6.42 Å². The van der Waals surface area contributed by atoms with Crippen LogP contribution in [0.2, 0.25) is 6.32 Å². The molecular weight excluding hydrogens is 255 g/mol. The minimum absolute atomic E-state index is 0.457. The standard InChI is InChI=1S/C14H28BN2OS/c1-6-7-15-10-14-16-13(2)11-17(14)12-18-8-9-19(3,4)5/h11H,6-10,12H2,1-5H3. The van der Waals surface area contributed by atoms with Gasteiger partial charge in [0.25, 0.3) is 0 Å². The molecule has 1 rings (SSSR count). The minimum atomic E-state index is -0.457. The van der Waals surface area contributed by atoms with Crippen molar-refractivity contribution in [3.05, 3.63) is 17.7 Å². The number of ether oxygens (including phenoxy) is 1. The van der Waals surface area contributed by atoms with Gasteiger partial charge in [-0.15, -0.1) is 0 Å². The third kappa shape index (κ3) is 7.07. The van der Waals surface area contributed by atoms with Crippen molar-refractivity contribution in [2.45, 2.75) is 39.6 Å². The fraction of sp³-hybridized carbons (Fsp3) is 0.786. The van der Waals surface area contributed by atoms with Crippen LogP contribution in [0.3, 0.4) is 0 Å². The number of nitrogens with zero attached hydrogens (tertiary/aromatic N) is 2. The smallest absolute Gasteiger partial charge is 0.124 e. The van der Waals surface area contributed by atoms with Crippen LogP contribution in [0.5, 0.6) is 0 Å². The van der Waals surface area contributed by atoms with E-state index in [1.807, 2.05) is 6.92 Å². The van der Waals surface area contributed by atoms with Gasteiger partial charge in [-0.25, -0.2) is 15.0 Å². The van der Waals surface area contributed by atoms with Crippen LogP contribution in [0, 0.1) is 6.92 Å². The van der Waals surface area contributed by atoms with Gasteiger partial charge in [0.2, 0.25) is 0 Å². The molecule has 1 aromatic heterocycles. The lowest BCUT2D eigenvalue weighted by molar-refractivity contribution is 0.0879. The number of rotatable bonds is 9. The van der Waals surface area contributed by atoms with Crippen LogP contribution in [-0.4, -0.2) is 48.0 Å². The van der Waals surface area contributed by atoms with Gasteiger partial charge in [0.1, 0.15) is 19.8 Å². The van der Waals surface area contributed by atoms with E-state index >= 15 is 0 Å². The fourth-order valence-corrected chi connectivity index (χ4v) is 2.40. The Balaban J connectivity index is 2.39. The highest BCUT2D eigenvalue weighted by molar-refractivity contribution is 8.32. The lowest BCUT2D eigenvalue weighted by Crippen LogP contribution is -2.12. The second kappa shape index (κ2) is 8.00. The Morgan fingerprint density at radius 1 is 1.37 bits per heavy atom. The van der Waals surface area contributed by atoms with Gasteiger partial charge in [-0.3, -0.25) is 0 Å². The van der Waals surface area contributed by atoms with Crippen molar-refractivity contribution in [1.82, 2.24) is 9.55 Å². The number of aryl methyl sites for hydroxylation is 1. The summed E-state index contributed by atoms with van der Waals surface area (Å²) in [5.74, 6) is 2.28. The van der Waals surface area contributed by atoms with Gasteiger partial charge in [0.15, 0.2) is 0 Å². The molecule has 5 heteroatoms. The average molecular weight is 283 g/mol. The van der Waals surface area contributed by atoms with Gasteiger partial charge in [0.05, 0.1) is 12.3 Å². The van der Waals surface area contributed by atoms with E-state index in [-0.39, 0.29) is 0 Å². The van der Waals surface area contributed by atoms with Crippen LogP contribution >= 0.6 is 10.0 Å². The van der Waals surface area contributed by atoms with Crippen LogP contribution in [0.15, 0.2) is 6.20 Å². The van der Waals surface area contributed by atoms with Gasteiger partial charge in [-0.2, -0.15) is 0 Å². The molecule has 0 aliphatic carbocycles. The Labute approximate surface area is 120 Å². The molecule has 0 bridgehead atoms. The fourth-order valence-electron chi connectivity index (χ4n) is 1.78. The highest BCUT2D eigenvalue weighted by Crippen LogP contribution is 2.33. The van der Waals surface area contributed by atoms with Crippen LogP contribution in [0.1, 0.15) is 24.9 Å². The van der Waals surface area contributed by atoms with Crippen molar-refractivity contribution in [2.24, 2.45) is 0 Å². The molecule has 1 heterocycles. The van der Waals surface area contributed by atoms with Gasteiger partial charge in [-0.1, -0.05) is 19.7 Å². The number of hydrogen-bond acceptors (Lipinski definition) is 2. The highest BCUT2D eigenvalue weighted by atomic mass is 32.3. The number of hydrogen-bond donors (Lipinski definition) is 0. The lowest BCUT2D eigenvalue weighted by atomic mass is 9.70. The Morgan fingerprint density at radius 3 is 2.74 bits per heavy atom. The van der Waals surface area contributed by atoms with Gasteiger partial charge in [0, 0.05) is 11.9 Å². The first kappa shape index (κ1) is 16.6.